The topological polar surface area (TPSA) is 8.17 Å². The van der Waals surface area contributed by atoms with Gasteiger partial charge in [0.05, 0.1) is 11.0 Å². The second-order valence-electron chi connectivity index (χ2n) is 18.9. The van der Waals surface area contributed by atoms with Gasteiger partial charge < -0.3 is 9.47 Å². The lowest BCUT2D eigenvalue weighted by molar-refractivity contribution is -0.000160. The molecule has 9 aromatic rings. The van der Waals surface area contributed by atoms with E-state index < -0.39 is 0 Å². The van der Waals surface area contributed by atoms with Gasteiger partial charge in [0.25, 0.3) is 0 Å². The first-order valence-electron chi connectivity index (χ1n) is 22.5. The van der Waals surface area contributed by atoms with Crippen LogP contribution in [0.25, 0.3) is 60.9 Å². The summed E-state index contributed by atoms with van der Waals surface area (Å²) < 4.78 is 2.40. The Hall–Kier alpha value is -6.64. The minimum Gasteiger partial charge on any atom is -0.311 e. The van der Waals surface area contributed by atoms with Crippen molar-refractivity contribution in [3.8, 4) is 39.1 Å². The van der Waals surface area contributed by atoms with Crippen molar-refractivity contribution in [2.24, 2.45) is 23.2 Å². The Morgan fingerprint density at radius 3 is 1.54 bits per heavy atom. The van der Waals surface area contributed by atoms with Gasteiger partial charge >= 0.3 is 0 Å². The zero-order valence-electron chi connectivity index (χ0n) is 34.4. The summed E-state index contributed by atoms with van der Waals surface area (Å²) in [6.45, 7) is 0. The molecule has 4 aliphatic carbocycles. The van der Waals surface area contributed by atoms with Crippen molar-refractivity contribution in [3.05, 3.63) is 206 Å². The van der Waals surface area contributed by atoms with Gasteiger partial charge in [-0.2, -0.15) is 0 Å². The molecule has 0 amide bonds. The van der Waals surface area contributed by atoms with Crippen LogP contribution in [0.3, 0.4) is 0 Å². The average molecular weight is 785 g/mol. The molecule has 8 aromatic carbocycles. The van der Waals surface area contributed by atoms with E-state index in [0.717, 1.165) is 29.1 Å². The molecule has 0 N–H and O–H groups in total. The number of hydrogen-bond acceptors (Lipinski definition) is 1. The Bertz CT molecular complexity index is 3030. The van der Waals surface area contributed by atoms with E-state index in [1.807, 2.05) is 0 Å². The summed E-state index contributed by atoms with van der Waals surface area (Å²) in [6, 6.07) is 74.3. The van der Waals surface area contributed by atoms with Crippen molar-refractivity contribution < 1.29 is 0 Å². The summed E-state index contributed by atoms with van der Waals surface area (Å²) in [5.74, 6) is 2.93. The van der Waals surface area contributed by atoms with E-state index in [0.29, 0.717) is 10.8 Å². The number of fused-ring (bicyclic) bond motifs is 5. The summed E-state index contributed by atoms with van der Waals surface area (Å²) in [7, 11) is 0. The minimum atomic E-state index is 0.384. The highest BCUT2D eigenvalue weighted by Crippen LogP contribution is 2.79. The molecule has 1 heterocycles. The summed E-state index contributed by atoms with van der Waals surface area (Å²) >= 11 is 0. The second kappa shape index (κ2) is 13.4. The molecule has 5 atom stereocenters. The molecule has 2 nitrogen and oxygen atoms in total. The van der Waals surface area contributed by atoms with Crippen LogP contribution in [-0.2, 0) is 5.41 Å². The molecule has 0 aliphatic heterocycles. The normalized spacial score (nSPS) is 23.3. The van der Waals surface area contributed by atoms with Crippen LogP contribution >= 0.6 is 0 Å². The van der Waals surface area contributed by atoms with Crippen LogP contribution < -0.4 is 4.90 Å². The van der Waals surface area contributed by atoms with E-state index in [1.165, 1.54) is 105 Å². The van der Waals surface area contributed by atoms with E-state index in [9.17, 15) is 0 Å². The van der Waals surface area contributed by atoms with Gasteiger partial charge in [0, 0.05) is 33.5 Å². The molecule has 0 saturated heterocycles. The first-order chi connectivity index (χ1) is 30.1. The highest BCUT2D eigenvalue weighted by atomic mass is 15.1. The molecule has 2 heteroatoms. The third-order valence-electron chi connectivity index (χ3n) is 15.8. The smallest absolute Gasteiger partial charge is 0.0541 e. The largest absolute Gasteiger partial charge is 0.311 e. The summed E-state index contributed by atoms with van der Waals surface area (Å²) in [6.07, 6.45) is 8.76. The van der Waals surface area contributed by atoms with Crippen molar-refractivity contribution in [1.29, 1.82) is 0 Å². The molecule has 4 saturated carbocycles. The average Bonchev–Trinajstić information content (AvgIpc) is 3.84. The Labute approximate surface area is 358 Å². The van der Waals surface area contributed by atoms with Gasteiger partial charge in [-0.15, -0.1) is 0 Å². The molecule has 3 bridgehead atoms. The van der Waals surface area contributed by atoms with Crippen LogP contribution in [0.4, 0.5) is 17.1 Å². The van der Waals surface area contributed by atoms with E-state index in [2.05, 4.69) is 210 Å². The summed E-state index contributed by atoms with van der Waals surface area (Å²) in [5.41, 5.74) is 17.1. The third-order valence-corrected chi connectivity index (χ3v) is 15.8. The Morgan fingerprint density at radius 2 is 0.918 bits per heavy atom. The quantitative estimate of drug-likeness (QED) is 0.149. The van der Waals surface area contributed by atoms with Gasteiger partial charge in [0.15, 0.2) is 0 Å². The van der Waals surface area contributed by atoms with Gasteiger partial charge in [-0.05, 0) is 167 Å². The van der Waals surface area contributed by atoms with Crippen molar-refractivity contribution in [1.82, 2.24) is 4.57 Å². The summed E-state index contributed by atoms with van der Waals surface area (Å²) in [5, 5.41) is 2.56. The van der Waals surface area contributed by atoms with Crippen molar-refractivity contribution in [3.63, 3.8) is 0 Å². The lowest BCUT2D eigenvalue weighted by Crippen LogP contribution is -2.42. The molecule has 61 heavy (non-hydrogen) atoms. The fraction of sp³-hybridized carbons (Fsp3) is 0.186. The number of anilines is 3. The van der Waals surface area contributed by atoms with Gasteiger partial charge in [0.1, 0.15) is 0 Å². The molecular formula is C59H48N2. The lowest BCUT2D eigenvalue weighted by Gasteiger charge is -2.49. The lowest BCUT2D eigenvalue weighted by atomic mass is 9.55. The highest BCUT2D eigenvalue weighted by Gasteiger charge is 2.70. The monoisotopic (exact) mass is 784 g/mol. The molecule has 4 fully saturated rings. The fourth-order valence-electron chi connectivity index (χ4n) is 13.2. The Morgan fingerprint density at radius 1 is 0.410 bits per heavy atom. The predicted octanol–water partition coefficient (Wildman–Crippen LogP) is 15.7. The number of hydrogen-bond donors (Lipinski definition) is 0. The first kappa shape index (κ1) is 35.1. The number of benzene rings is 8. The molecule has 2 unspecified atom stereocenters. The van der Waals surface area contributed by atoms with Crippen LogP contribution in [0.2, 0.25) is 0 Å². The van der Waals surface area contributed by atoms with Crippen molar-refractivity contribution in [2.45, 2.75) is 43.9 Å². The molecule has 4 aliphatic rings. The maximum Gasteiger partial charge on any atom is 0.0541 e. The van der Waals surface area contributed by atoms with Crippen molar-refractivity contribution in [2.75, 3.05) is 4.90 Å². The zero-order chi connectivity index (χ0) is 40.1. The van der Waals surface area contributed by atoms with Gasteiger partial charge in [0.2, 0.25) is 0 Å². The number of rotatable bonds is 8. The molecule has 0 radical (unpaired) electrons. The Balaban J connectivity index is 0.849. The molecule has 1 spiro atoms. The summed E-state index contributed by atoms with van der Waals surface area (Å²) in [4.78, 5) is 2.44. The van der Waals surface area contributed by atoms with Crippen LogP contribution in [-0.4, -0.2) is 4.57 Å². The maximum absolute atomic E-state index is 2.50. The zero-order valence-corrected chi connectivity index (χ0v) is 34.4. The molecule has 13 rings (SSSR count). The van der Waals surface area contributed by atoms with E-state index in [1.54, 1.807) is 5.56 Å². The van der Waals surface area contributed by atoms with Gasteiger partial charge in [-0.3, -0.25) is 0 Å². The maximum atomic E-state index is 2.50. The van der Waals surface area contributed by atoms with Crippen molar-refractivity contribution >= 4 is 38.9 Å². The predicted molar refractivity (Wildman–Crippen MR) is 254 cm³/mol. The van der Waals surface area contributed by atoms with Gasteiger partial charge in [-0.25, -0.2) is 0 Å². The molecule has 1 aromatic heterocycles. The third kappa shape index (κ3) is 5.47. The Kier molecular flexibility index (Phi) is 7.74. The molecule has 294 valence electrons. The van der Waals surface area contributed by atoms with Crippen LogP contribution in [0.1, 0.15) is 44.1 Å². The highest BCUT2D eigenvalue weighted by molar-refractivity contribution is 6.09. The first-order valence-corrected chi connectivity index (χ1v) is 22.5. The standard InChI is InChI=1S/C59H48N2/c1-2-9-41(10-3-1)42-17-19-43(20-18-42)44-21-27-50(28-22-44)60(52-31-25-47(26-32-52)58-36-40-33-48-35-49(38-58)59(48,37-40)39-58)51-29-23-45(24-30-51)46-11-8-12-53(34-46)61-56-15-6-4-13-54(56)55-14-5-7-16-57(55)61/h1-32,34,40,48-49H,33,35-39H2/t40-,48?,49-,58?,59-/m0/s1. The number of nitrogens with zero attached hydrogens (tertiary/aromatic N) is 2. The van der Waals surface area contributed by atoms with E-state index in [4.69, 9.17) is 0 Å². The SMILES string of the molecule is c1ccc(-c2ccc(-c3ccc(N(c4ccc(-c5cccc(-n6c7ccccc7c7ccccc76)c5)cc4)c4ccc(C56C[C@@H]7CC8C[C@@H](C5)[C@@]8(C7)C6)cc4)cc3)cc2)cc1. The minimum absolute atomic E-state index is 0.384. The number of aromatic nitrogens is 1. The fourth-order valence-corrected chi connectivity index (χ4v) is 13.2. The van der Waals surface area contributed by atoms with E-state index >= 15 is 0 Å². The second-order valence-corrected chi connectivity index (χ2v) is 18.9. The molecular weight excluding hydrogens is 737 g/mol. The van der Waals surface area contributed by atoms with E-state index in [-0.39, 0.29) is 0 Å². The van der Waals surface area contributed by atoms with Crippen LogP contribution in [0.5, 0.6) is 0 Å². The van der Waals surface area contributed by atoms with Crippen LogP contribution in [0.15, 0.2) is 200 Å². The number of para-hydroxylation sites is 2. The van der Waals surface area contributed by atoms with Crippen LogP contribution in [0, 0.1) is 23.2 Å². The van der Waals surface area contributed by atoms with Gasteiger partial charge in [-0.1, -0.05) is 140 Å².